The van der Waals surface area contributed by atoms with E-state index in [0.717, 1.165) is 6.07 Å². The van der Waals surface area contributed by atoms with E-state index in [1.165, 1.54) is 25.1 Å². The van der Waals surface area contributed by atoms with Crippen molar-refractivity contribution in [2.24, 2.45) is 21.7 Å². The third kappa shape index (κ3) is 3.47. The molecule has 1 rings (SSSR count). The summed E-state index contributed by atoms with van der Waals surface area (Å²) in [6.07, 6.45) is -4.44. The Morgan fingerprint density at radius 2 is 1.71 bits per heavy atom. The Balaban J connectivity index is 3.23. The summed E-state index contributed by atoms with van der Waals surface area (Å²) in [6, 6.07) is 5.08. The smallest absolute Gasteiger partial charge is 0.369 e. The van der Waals surface area contributed by atoms with Crippen LogP contribution in [-0.4, -0.2) is 11.7 Å². The van der Waals surface area contributed by atoms with Gasteiger partial charge in [0.25, 0.3) is 0 Å². The molecule has 0 radical (unpaired) electrons. The third-order valence-electron chi connectivity index (χ3n) is 1.94. The third-order valence-corrected chi connectivity index (χ3v) is 1.94. The molecule has 0 spiro atoms. The maximum atomic E-state index is 12.7. The molecule has 0 amide bonds. The number of hydrogen-bond donors (Lipinski definition) is 2. The molecular formula is C10H11F3N4. The molecule has 1 aromatic rings. The molecule has 4 N–H and O–H groups in total. The van der Waals surface area contributed by atoms with Crippen molar-refractivity contribution in [3.05, 3.63) is 35.4 Å². The number of benzene rings is 1. The number of nitrogens with two attached hydrogens (primary N) is 2. The summed E-state index contributed by atoms with van der Waals surface area (Å²) in [4.78, 5) is 0. The Morgan fingerprint density at radius 3 is 2.24 bits per heavy atom. The molecule has 0 aliphatic carbocycles. The van der Waals surface area contributed by atoms with E-state index >= 15 is 0 Å². The second-order valence-electron chi connectivity index (χ2n) is 3.25. The first-order valence-corrected chi connectivity index (χ1v) is 4.62. The zero-order valence-corrected chi connectivity index (χ0v) is 8.99. The quantitative estimate of drug-likeness (QED) is 0.472. The molecule has 0 atom stereocenters. The van der Waals surface area contributed by atoms with Crippen molar-refractivity contribution < 1.29 is 13.2 Å². The average Bonchev–Trinajstić information content (AvgIpc) is 2.24. The van der Waals surface area contributed by atoms with Gasteiger partial charge in [-0.1, -0.05) is 18.2 Å². The zero-order chi connectivity index (χ0) is 13.1. The first kappa shape index (κ1) is 13.0. The van der Waals surface area contributed by atoms with Gasteiger partial charge < -0.3 is 11.5 Å². The molecule has 0 aromatic heterocycles. The summed E-state index contributed by atoms with van der Waals surface area (Å²) in [7, 11) is 0. The van der Waals surface area contributed by atoms with Crippen LogP contribution in [0, 0.1) is 0 Å². The highest BCUT2D eigenvalue weighted by atomic mass is 19.4. The van der Waals surface area contributed by atoms with Crippen LogP contribution in [0.1, 0.15) is 18.1 Å². The van der Waals surface area contributed by atoms with Crippen LogP contribution < -0.4 is 11.5 Å². The van der Waals surface area contributed by atoms with Crippen molar-refractivity contribution >= 4 is 11.7 Å². The number of hydrogen-bond acceptors (Lipinski definition) is 2. The molecule has 0 bridgehead atoms. The molecule has 0 unspecified atom stereocenters. The lowest BCUT2D eigenvalue weighted by Crippen LogP contribution is -2.22. The Bertz CT molecular complexity index is 459. The van der Waals surface area contributed by atoms with Crippen LogP contribution in [0.15, 0.2) is 34.5 Å². The van der Waals surface area contributed by atoms with Crippen molar-refractivity contribution in [3.8, 4) is 0 Å². The van der Waals surface area contributed by atoms with Crippen molar-refractivity contribution in [2.75, 3.05) is 0 Å². The van der Waals surface area contributed by atoms with Crippen molar-refractivity contribution in [3.63, 3.8) is 0 Å². The summed E-state index contributed by atoms with van der Waals surface area (Å²) in [6.45, 7) is 1.40. The minimum atomic E-state index is -4.44. The number of alkyl halides is 3. The van der Waals surface area contributed by atoms with E-state index in [1.54, 1.807) is 0 Å². The largest absolute Gasteiger partial charge is 0.417 e. The van der Waals surface area contributed by atoms with Crippen molar-refractivity contribution in [1.82, 2.24) is 0 Å². The van der Waals surface area contributed by atoms with Gasteiger partial charge in [0.1, 0.15) is 0 Å². The maximum absolute atomic E-state index is 12.7. The molecule has 17 heavy (non-hydrogen) atoms. The summed E-state index contributed by atoms with van der Waals surface area (Å²) in [5.41, 5.74) is 9.35. The topological polar surface area (TPSA) is 76.8 Å². The molecule has 0 aliphatic heterocycles. The predicted octanol–water partition coefficient (Wildman–Crippen LogP) is 1.70. The molecule has 4 nitrogen and oxygen atoms in total. The molecule has 0 aliphatic rings. The minimum absolute atomic E-state index is 0.0509. The standard InChI is InChI=1S/C10H11F3N4/c1-6(16-17-9(14)15)7-4-2-3-5-8(7)10(11,12)13/h2-5H,1H3,(H4,14,15,17). The predicted molar refractivity (Wildman–Crippen MR) is 59.5 cm³/mol. The van der Waals surface area contributed by atoms with Gasteiger partial charge in [0, 0.05) is 5.56 Å². The molecule has 1 aromatic carbocycles. The second-order valence-corrected chi connectivity index (χ2v) is 3.25. The molecule has 7 heteroatoms. The zero-order valence-electron chi connectivity index (χ0n) is 8.99. The van der Waals surface area contributed by atoms with E-state index < -0.39 is 11.7 Å². The van der Waals surface area contributed by atoms with Gasteiger partial charge in [0.05, 0.1) is 11.3 Å². The van der Waals surface area contributed by atoms with E-state index in [-0.39, 0.29) is 17.2 Å². The van der Waals surface area contributed by atoms with E-state index in [9.17, 15) is 13.2 Å². The van der Waals surface area contributed by atoms with E-state index in [4.69, 9.17) is 11.5 Å². The highest BCUT2D eigenvalue weighted by Crippen LogP contribution is 2.32. The highest BCUT2D eigenvalue weighted by Gasteiger charge is 2.33. The minimum Gasteiger partial charge on any atom is -0.369 e. The number of guanidine groups is 1. The fourth-order valence-electron chi connectivity index (χ4n) is 1.23. The van der Waals surface area contributed by atoms with Gasteiger partial charge >= 0.3 is 6.18 Å². The van der Waals surface area contributed by atoms with E-state index in [0.29, 0.717) is 0 Å². The summed E-state index contributed by atoms with van der Waals surface area (Å²) >= 11 is 0. The van der Waals surface area contributed by atoms with Crippen molar-refractivity contribution in [1.29, 1.82) is 0 Å². The Morgan fingerprint density at radius 1 is 1.12 bits per heavy atom. The van der Waals surface area contributed by atoms with E-state index in [2.05, 4.69) is 10.2 Å². The molecule has 0 fully saturated rings. The lowest BCUT2D eigenvalue weighted by atomic mass is 10.0. The summed E-state index contributed by atoms with van der Waals surface area (Å²) in [5, 5.41) is 6.84. The maximum Gasteiger partial charge on any atom is 0.417 e. The highest BCUT2D eigenvalue weighted by molar-refractivity contribution is 6.00. The van der Waals surface area contributed by atoms with Crippen LogP contribution in [0.4, 0.5) is 13.2 Å². The molecule has 0 saturated carbocycles. The van der Waals surface area contributed by atoms with Gasteiger partial charge in [0.15, 0.2) is 0 Å². The van der Waals surface area contributed by atoms with Crippen molar-refractivity contribution in [2.45, 2.75) is 13.1 Å². The van der Waals surface area contributed by atoms with Gasteiger partial charge in [0.2, 0.25) is 5.96 Å². The Hall–Kier alpha value is -2.05. The van der Waals surface area contributed by atoms with Gasteiger partial charge in [-0.2, -0.15) is 18.3 Å². The van der Waals surface area contributed by atoms with Crippen LogP contribution in [0.3, 0.4) is 0 Å². The molecule has 0 saturated heterocycles. The summed E-state index contributed by atoms with van der Waals surface area (Å²) < 4.78 is 38.0. The lowest BCUT2D eigenvalue weighted by molar-refractivity contribution is -0.137. The van der Waals surface area contributed by atoms with Gasteiger partial charge in [-0.25, -0.2) is 0 Å². The van der Waals surface area contributed by atoms with Crippen LogP contribution in [0.25, 0.3) is 0 Å². The van der Waals surface area contributed by atoms with Crippen LogP contribution in [-0.2, 0) is 6.18 Å². The summed E-state index contributed by atoms with van der Waals surface area (Å²) in [5.74, 6) is -0.311. The van der Waals surface area contributed by atoms with Gasteiger partial charge in [-0.05, 0) is 13.0 Å². The van der Waals surface area contributed by atoms with Crippen LogP contribution in [0.2, 0.25) is 0 Å². The fourth-order valence-corrected chi connectivity index (χ4v) is 1.23. The van der Waals surface area contributed by atoms with Gasteiger partial charge in [-0.15, -0.1) is 5.10 Å². The number of nitrogens with zero attached hydrogens (tertiary/aromatic N) is 2. The monoisotopic (exact) mass is 244 g/mol. The SMILES string of the molecule is CC(=NN=C(N)N)c1ccccc1C(F)(F)F. The molecule has 92 valence electrons. The Labute approximate surface area is 95.8 Å². The normalized spacial score (nSPS) is 12.4. The number of halogens is 3. The Kier molecular flexibility index (Phi) is 3.72. The van der Waals surface area contributed by atoms with Crippen LogP contribution in [0.5, 0.6) is 0 Å². The number of rotatable bonds is 2. The fraction of sp³-hybridized carbons (Fsp3) is 0.200. The second kappa shape index (κ2) is 4.86. The van der Waals surface area contributed by atoms with Crippen LogP contribution >= 0.6 is 0 Å². The van der Waals surface area contributed by atoms with E-state index in [1.807, 2.05) is 0 Å². The van der Waals surface area contributed by atoms with Gasteiger partial charge in [-0.3, -0.25) is 0 Å². The molecule has 0 heterocycles. The first-order chi connectivity index (χ1) is 7.82. The molecular weight excluding hydrogens is 233 g/mol. The lowest BCUT2D eigenvalue weighted by Gasteiger charge is -2.11. The first-order valence-electron chi connectivity index (χ1n) is 4.62. The average molecular weight is 244 g/mol.